The Bertz CT molecular complexity index is 327. The van der Waals surface area contributed by atoms with Crippen molar-refractivity contribution >= 4 is 17.5 Å². The van der Waals surface area contributed by atoms with Gasteiger partial charge < -0.3 is 9.88 Å². The lowest BCUT2D eigenvalue weighted by Crippen LogP contribution is -2.32. The Balaban J connectivity index is 2.64. The van der Waals surface area contributed by atoms with Crippen molar-refractivity contribution in [2.45, 2.75) is 18.6 Å². The summed E-state index contributed by atoms with van der Waals surface area (Å²) in [6.07, 6.45) is 1.49. The number of amides is 1. The van der Waals surface area contributed by atoms with Gasteiger partial charge in [-0.15, -0.1) is 10.2 Å². The minimum Gasteiger partial charge on any atom is -0.343 e. The van der Waals surface area contributed by atoms with Gasteiger partial charge in [0.15, 0.2) is 5.82 Å². The van der Waals surface area contributed by atoms with Crippen LogP contribution in [0.3, 0.4) is 0 Å². The van der Waals surface area contributed by atoms with Crippen molar-refractivity contribution < 1.29 is 9.18 Å². The second-order valence-corrected chi connectivity index (χ2v) is 3.21. The first kappa shape index (κ1) is 10.9. The van der Waals surface area contributed by atoms with E-state index in [0.29, 0.717) is 5.82 Å². The Labute approximate surface area is 85.3 Å². The maximum atomic E-state index is 12.3. The minimum absolute atomic E-state index is 0.424. The first-order valence-electron chi connectivity index (χ1n) is 3.94. The van der Waals surface area contributed by atoms with Gasteiger partial charge in [-0.05, 0) is 6.92 Å². The molecule has 0 radical (unpaired) electrons. The lowest BCUT2D eigenvalue weighted by molar-refractivity contribution is -0.124. The highest BCUT2D eigenvalue weighted by molar-refractivity contribution is 6.29. The molecule has 0 saturated heterocycles. The number of nitrogens with zero attached hydrogens (tertiary/aromatic N) is 3. The molecule has 5 nitrogen and oxygen atoms in total. The number of halogens is 2. The van der Waals surface area contributed by atoms with E-state index in [0.717, 1.165) is 0 Å². The fourth-order valence-corrected chi connectivity index (χ4v) is 1.09. The number of hydrogen-bond acceptors (Lipinski definition) is 3. The fourth-order valence-electron chi connectivity index (χ4n) is 1.03. The summed E-state index contributed by atoms with van der Waals surface area (Å²) < 4.78 is 13.9. The van der Waals surface area contributed by atoms with E-state index in [1.165, 1.54) is 6.33 Å². The van der Waals surface area contributed by atoms with E-state index < -0.39 is 17.6 Å². The third-order valence-corrected chi connectivity index (χ3v) is 1.89. The average molecular weight is 221 g/mol. The third kappa shape index (κ3) is 2.41. The number of aromatic nitrogens is 3. The molecule has 2 atom stereocenters. The molecular formula is C7H10ClFN4O. The monoisotopic (exact) mass is 220 g/mol. The Morgan fingerprint density at radius 3 is 2.86 bits per heavy atom. The standard InChI is InChI=1S/C7H10ClFN4O/c1-4(11-7(14)5(8)9)6-12-10-3-13(6)2/h3-5H,1-2H3,(H,11,14). The Kier molecular flexibility index (Phi) is 3.40. The Morgan fingerprint density at radius 2 is 2.43 bits per heavy atom. The second-order valence-electron chi connectivity index (χ2n) is 2.83. The van der Waals surface area contributed by atoms with Crippen LogP contribution in [0.5, 0.6) is 0 Å². The average Bonchev–Trinajstić information content (AvgIpc) is 2.51. The Morgan fingerprint density at radius 1 is 1.79 bits per heavy atom. The van der Waals surface area contributed by atoms with Crippen LogP contribution in [-0.4, -0.2) is 26.3 Å². The van der Waals surface area contributed by atoms with Gasteiger partial charge in [-0.25, -0.2) is 4.39 Å². The molecule has 0 bridgehead atoms. The lowest BCUT2D eigenvalue weighted by atomic mass is 10.3. The van der Waals surface area contributed by atoms with E-state index in [-0.39, 0.29) is 0 Å². The molecular weight excluding hydrogens is 211 g/mol. The van der Waals surface area contributed by atoms with E-state index in [4.69, 9.17) is 11.6 Å². The quantitative estimate of drug-likeness (QED) is 0.756. The minimum atomic E-state index is -2.04. The molecule has 1 N–H and O–H groups in total. The molecule has 0 spiro atoms. The van der Waals surface area contributed by atoms with Crippen LogP contribution in [0.1, 0.15) is 18.8 Å². The van der Waals surface area contributed by atoms with E-state index in [1.807, 2.05) is 0 Å². The van der Waals surface area contributed by atoms with Crippen molar-refractivity contribution in [1.82, 2.24) is 20.1 Å². The largest absolute Gasteiger partial charge is 0.343 e. The molecule has 2 unspecified atom stereocenters. The van der Waals surface area contributed by atoms with Gasteiger partial charge in [0.05, 0.1) is 6.04 Å². The molecule has 0 aliphatic carbocycles. The number of carbonyl (C=O) groups excluding carboxylic acids is 1. The fraction of sp³-hybridized carbons (Fsp3) is 0.571. The highest BCUT2D eigenvalue weighted by atomic mass is 35.5. The van der Waals surface area contributed by atoms with E-state index in [9.17, 15) is 9.18 Å². The molecule has 78 valence electrons. The number of aryl methyl sites for hydroxylation is 1. The summed E-state index contributed by atoms with van der Waals surface area (Å²) >= 11 is 4.95. The first-order valence-corrected chi connectivity index (χ1v) is 4.38. The highest BCUT2D eigenvalue weighted by Crippen LogP contribution is 2.08. The summed E-state index contributed by atoms with van der Waals surface area (Å²) in [5, 5.41) is 9.74. The van der Waals surface area contributed by atoms with Crippen LogP contribution in [0.25, 0.3) is 0 Å². The molecule has 1 rings (SSSR count). The molecule has 7 heteroatoms. The second kappa shape index (κ2) is 4.36. The van der Waals surface area contributed by atoms with Crippen LogP contribution in [-0.2, 0) is 11.8 Å². The van der Waals surface area contributed by atoms with Crippen molar-refractivity contribution in [3.8, 4) is 0 Å². The Hall–Kier alpha value is -1.17. The van der Waals surface area contributed by atoms with Crippen LogP contribution >= 0.6 is 11.6 Å². The number of carbonyl (C=O) groups is 1. The topological polar surface area (TPSA) is 59.8 Å². The molecule has 0 aliphatic heterocycles. The summed E-state index contributed by atoms with van der Waals surface area (Å²) in [6, 6.07) is -0.424. The lowest BCUT2D eigenvalue weighted by Gasteiger charge is -2.12. The molecule has 0 fully saturated rings. The van der Waals surface area contributed by atoms with Crippen LogP contribution in [0.4, 0.5) is 4.39 Å². The van der Waals surface area contributed by atoms with Crippen molar-refractivity contribution in [3.63, 3.8) is 0 Å². The summed E-state index contributed by atoms with van der Waals surface area (Å²) in [4.78, 5) is 10.9. The van der Waals surface area contributed by atoms with Gasteiger partial charge in [0.25, 0.3) is 11.5 Å². The number of hydrogen-bond donors (Lipinski definition) is 1. The van der Waals surface area contributed by atoms with Crippen LogP contribution in [0.2, 0.25) is 0 Å². The van der Waals surface area contributed by atoms with E-state index >= 15 is 0 Å². The summed E-state index contributed by atoms with van der Waals surface area (Å²) in [6.45, 7) is 1.67. The van der Waals surface area contributed by atoms with Crippen LogP contribution in [0.15, 0.2) is 6.33 Å². The zero-order valence-electron chi connectivity index (χ0n) is 7.74. The van der Waals surface area contributed by atoms with Crippen molar-refractivity contribution in [1.29, 1.82) is 0 Å². The zero-order chi connectivity index (χ0) is 10.7. The van der Waals surface area contributed by atoms with Gasteiger partial charge in [0, 0.05) is 7.05 Å². The molecule has 1 amide bonds. The summed E-state index contributed by atoms with van der Waals surface area (Å²) in [5.41, 5.74) is -2.04. The third-order valence-electron chi connectivity index (χ3n) is 1.69. The number of nitrogens with one attached hydrogen (secondary N) is 1. The van der Waals surface area contributed by atoms with Crippen LogP contribution < -0.4 is 5.32 Å². The van der Waals surface area contributed by atoms with Crippen LogP contribution in [0, 0.1) is 0 Å². The number of alkyl halides is 2. The highest BCUT2D eigenvalue weighted by Gasteiger charge is 2.19. The van der Waals surface area contributed by atoms with E-state index in [1.54, 1.807) is 18.5 Å². The van der Waals surface area contributed by atoms with Crippen molar-refractivity contribution in [2.75, 3.05) is 0 Å². The first-order chi connectivity index (χ1) is 6.52. The molecule has 0 saturated carbocycles. The smallest absolute Gasteiger partial charge is 0.270 e. The van der Waals surface area contributed by atoms with Gasteiger partial charge in [-0.3, -0.25) is 4.79 Å². The predicted octanol–water partition coefficient (Wildman–Crippen LogP) is 0.527. The molecule has 0 aromatic carbocycles. The molecule has 1 aromatic rings. The molecule has 1 aromatic heterocycles. The van der Waals surface area contributed by atoms with Crippen molar-refractivity contribution in [3.05, 3.63) is 12.2 Å². The molecule has 0 aliphatic rings. The van der Waals surface area contributed by atoms with Gasteiger partial charge in [0.2, 0.25) is 0 Å². The maximum Gasteiger partial charge on any atom is 0.270 e. The number of rotatable bonds is 3. The van der Waals surface area contributed by atoms with E-state index in [2.05, 4.69) is 15.5 Å². The van der Waals surface area contributed by atoms with Crippen molar-refractivity contribution in [2.24, 2.45) is 7.05 Å². The summed E-state index contributed by atoms with van der Waals surface area (Å²) in [5.74, 6) is -0.335. The van der Waals surface area contributed by atoms with Gasteiger partial charge in [-0.1, -0.05) is 11.6 Å². The van der Waals surface area contributed by atoms with Gasteiger partial charge in [0.1, 0.15) is 6.33 Å². The molecule has 1 heterocycles. The molecule has 14 heavy (non-hydrogen) atoms. The van der Waals surface area contributed by atoms with Gasteiger partial charge in [-0.2, -0.15) is 0 Å². The SMILES string of the molecule is CC(NC(=O)C(F)Cl)c1nncn1C. The maximum absolute atomic E-state index is 12.3. The zero-order valence-corrected chi connectivity index (χ0v) is 8.49. The predicted molar refractivity (Wildman–Crippen MR) is 48.3 cm³/mol. The normalized spacial score (nSPS) is 14.9. The summed E-state index contributed by atoms with van der Waals surface area (Å²) in [7, 11) is 1.73. The van der Waals surface area contributed by atoms with Gasteiger partial charge >= 0.3 is 0 Å².